The monoisotopic (exact) mass is 289 g/mol. The van der Waals surface area contributed by atoms with Crippen LogP contribution in [0.1, 0.15) is 24.5 Å². The Morgan fingerprint density at radius 2 is 2.00 bits per heavy atom. The van der Waals surface area contributed by atoms with Crippen LogP contribution in [0, 0.1) is 13.8 Å². The predicted octanol–water partition coefficient (Wildman–Crippen LogP) is 3.59. The summed E-state index contributed by atoms with van der Waals surface area (Å²) in [6, 6.07) is 5.94. The van der Waals surface area contributed by atoms with E-state index in [-0.39, 0.29) is 11.9 Å². The quantitative estimate of drug-likeness (QED) is 0.884. The Morgan fingerprint density at radius 1 is 1.30 bits per heavy atom. The number of hydrogen-bond acceptors (Lipinski definition) is 4. The number of rotatable bonds is 5. The van der Waals surface area contributed by atoms with Gasteiger partial charge in [0.25, 0.3) is 0 Å². The highest BCUT2D eigenvalue weighted by atomic mass is 32.1. The van der Waals surface area contributed by atoms with E-state index in [1.165, 1.54) is 22.5 Å². The van der Waals surface area contributed by atoms with E-state index in [1.54, 1.807) is 6.20 Å². The van der Waals surface area contributed by atoms with Crippen molar-refractivity contribution in [1.82, 2.24) is 4.98 Å². The molecule has 2 rings (SSSR count). The van der Waals surface area contributed by atoms with Crippen molar-refractivity contribution in [2.24, 2.45) is 0 Å². The van der Waals surface area contributed by atoms with Crippen LogP contribution < -0.4 is 10.6 Å². The maximum absolute atomic E-state index is 12.2. The van der Waals surface area contributed by atoms with Crippen LogP contribution in [0.3, 0.4) is 0 Å². The van der Waals surface area contributed by atoms with Gasteiger partial charge >= 0.3 is 0 Å². The van der Waals surface area contributed by atoms with Crippen LogP contribution in [0.2, 0.25) is 0 Å². The molecule has 0 aliphatic rings. The second-order valence-corrected chi connectivity index (χ2v) is 5.70. The third-order valence-electron chi connectivity index (χ3n) is 2.95. The van der Waals surface area contributed by atoms with Crippen LogP contribution in [0.5, 0.6) is 0 Å². The van der Waals surface area contributed by atoms with Crippen molar-refractivity contribution in [2.75, 3.05) is 10.6 Å². The molecule has 0 fully saturated rings. The number of amides is 1. The number of hydrogen-bond donors (Lipinski definition) is 2. The van der Waals surface area contributed by atoms with E-state index in [0.29, 0.717) is 11.6 Å². The lowest BCUT2D eigenvalue weighted by molar-refractivity contribution is -0.116. The number of thiazole rings is 1. The summed E-state index contributed by atoms with van der Waals surface area (Å²) in [4.78, 5) is 16.3. The van der Waals surface area contributed by atoms with E-state index in [9.17, 15) is 4.79 Å². The van der Waals surface area contributed by atoms with Crippen molar-refractivity contribution in [3.63, 3.8) is 0 Å². The minimum Gasteiger partial charge on any atom is -0.374 e. The topological polar surface area (TPSA) is 54.0 Å². The van der Waals surface area contributed by atoms with Gasteiger partial charge in [-0.1, -0.05) is 13.0 Å². The molecular weight excluding hydrogens is 270 g/mol. The second-order valence-electron chi connectivity index (χ2n) is 4.81. The van der Waals surface area contributed by atoms with E-state index in [4.69, 9.17) is 0 Å². The van der Waals surface area contributed by atoms with Gasteiger partial charge in [-0.3, -0.25) is 4.79 Å². The summed E-state index contributed by atoms with van der Waals surface area (Å²) < 4.78 is 0. The van der Waals surface area contributed by atoms with Gasteiger partial charge in [0.15, 0.2) is 5.13 Å². The molecule has 0 radical (unpaired) electrons. The SMILES string of the molecule is CC[C@H](Nc1cc(C)cc(C)c1)C(=O)Nc1nccs1. The van der Waals surface area contributed by atoms with Crippen molar-refractivity contribution in [3.8, 4) is 0 Å². The fraction of sp³-hybridized carbons (Fsp3) is 0.333. The molecule has 4 nitrogen and oxygen atoms in total. The van der Waals surface area contributed by atoms with Crippen LogP contribution in [-0.2, 0) is 4.79 Å². The van der Waals surface area contributed by atoms with Crippen LogP contribution in [0.4, 0.5) is 10.8 Å². The fourth-order valence-electron chi connectivity index (χ4n) is 2.09. The zero-order valence-electron chi connectivity index (χ0n) is 11.9. The Hall–Kier alpha value is -1.88. The molecular formula is C15H19N3OS. The fourth-order valence-corrected chi connectivity index (χ4v) is 2.62. The van der Waals surface area contributed by atoms with Gasteiger partial charge in [0.05, 0.1) is 0 Å². The largest absolute Gasteiger partial charge is 0.374 e. The molecule has 0 bridgehead atoms. The van der Waals surface area contributed by atoms with E-state index in [0.717, 1.165) is 5.69 Å². The summed E-state index contributed by atoms with van der Waals surface area (Å²) >= 11 is 1.42. The van der Waals surface area contributed by atoms with Gasteiger partial charge in [0.1, 0.15) is 6.04 Å². The first kappa shape index (κ1) is 14.5. The molecule has 0 saturated heterocycles. The van der Waals surface area contributed by atoms with Crippen LogP contribution in [0.15, 0.2) is 29.8 Å². The Labute approximate surface area is 123 Å². The van der Waals surface area contributed by atoms with Crippen molar-refractivity contribution in [1.29, 1.82) is 0 Å². The molecule has 1 heterocycles. The standard InChI is InChI=1S/C15H19N3OS/c1-4-13(14(19)18-15-16-5-6-20-15)17-12-8-10(2)7-11(3)9-12/h5-9,13,17H,4H2,1-3H3,(H,16,18,19)/t13-/m0/s1. The summed E-state index contributed by atoms with van der Waals surface area (Å²) in [5.41, 5.74) is 3.34. The summed E-state index contributed by atoms with van der Waals surface area (Å²) in [7, 11) is 0. The molecule has 0 saturated carbocycles. The highest BCUT2D eigenvalue weighted by molar-refractivity contribution is 7.13. The Kier molecular flexibility index (Phi) is 4.74. The number of anilines is 2. The van der Waals surface area contributed by atoms with Gasteiger partial charge in [0, 0.05) is 17.3 Å². The first-order valence-corrected chi connectivity index (χ1v) is 7.51. The van der Waals surface area contributed by atoms with Gasteiger partial charge in [-0.2, -0.15) is 0 Å². The van der Waals surface area contributed by atoms with Gasteiger partial charge < -0.3 is 10.6 Å². The minimum atomic E-state index is -0.264. The Morgan fingerprint density at radius 3 is 2.55 bits per heavy atom. The van der Waals surface area contributed by atoms with Gasteiger partial charge in [0.2, 0.25) is 5.91 Å². The third-order valence-corrected chi connectivity index (χ3v) is 3.64. The second kappa shape index (κ2) is 6.52. The molecule has 2 N–H and O–H groups in total. The summed E-state index contributed by atoms with van der Waals surface area (Å²) in [5.74, 6) is -0.0541. The number of nitrogens with one attached hydrogen (secondary N) is 2. The molecule has 0 aliphatic heterocycles. The molecule has 106 valence electrons. The number of carbonyl (C=O) groups is 1. The number of carbonyl (C=O) groups excluding carboxylic acids is 1. The molecule has 20 heavy (non-hydrogen) atoms. The number of benzene rings is 1. The lowest BCUT2D eigenvalue weighted by Crippen LogP contribution is -2.34. The molecule has 1 atom stereocenters. The first-order chi connectivity index (χ1) is 9.58. The average molecular weight is 289 g/mol. The minimum absolute atomic E-state index is 0.0541. The van der Waals surface area contributed by atoms with Gasteiger partial charge in [-0.05, 0) is 43.5 Å². The third kappa shape index (κ3) is 3.81. The molecule has 1 aromatic heterocycles. The molecule has 5 heteroatoms. The van der Waals surface area contributed by atoms with E-state index in [2.05, 4.69) is 35.5 Å². The van der Waals surface area contributed by atoms with E-state index < -0.39 is 0 Å². The lowest BCUT2D eigenvalue weighted by Gasteiger charge is -2.18. The maximum Gasteiger partial charge on any atom is 0.248 e. The predicted molar refractivity (Wildman–Crippen MR) is 84.4 cm³/mol. The van der Waals surface area contributed by atoms with E-state index in [1.807, 2.05) is 24.4 Å². The Balaban J connectivity index is 2.06. The summed E-state index contributed by atoms with van der Waals surface area (Å²) in [6.07, 6.45) is 2.39. The molecule has 0 unspecified atom stereocenters. The van der Waals surface area contributed by atoms with Crippen LogP contribution >= 0.6 is 11.3 Å². The van der Waals surface area contributed by atoms with E-state index >= 15 is 0 Å². The van der Waals surface area contributed by atoms with Gasteiger partial charge in [-0.15, -0.1) is 11.3 Å². The molecule has 1 amide bonds. The van der Waals surface area contributed by atoms with Crippen molar-refractivity contribution < 1.29 is 4.79 Å². The lowest BCUT2D eigenvalue weighted by atomic mass is 10.1. The molecule has 2 aromatic rings. The zero-order valence-corrected chi connectivity index (χ0v) is 12.8. The zero-order chi connectivity index (χ0) is 14.5. The summed E-state index contributed by atoms with van der Waals surface area (Å²) in [5, 5.41) is 8.59. The highest BCUT2D eigenvalue weighted by Crippen LogP contribution is 2.17. The molecule has 0 spiro atoms. The van der Waals surface area contributed by atoms with Crippen molar-refractivity contribution in [3.05, 3.63) is 40.9 Å². The number of aromatic nitrogens is 1. The van der Waals surface area contributed by atoms with Gasteiger partial charge in [-0.25, -0.2) is 4.98 Å². The van der Waals surface area contributed by atoms with Crippen LogP contribution in [-0.4, -0.2) is 16.9 Å². The highest BCUT2D eigenvalue weighted by Gasteiger charge is 2.17. The van der Waals surface area contributed by atoms with Crippen molar-refractivity contribution in [2.45, 2.75) is 33.2 Å². The number of nitrogens with zero attached hydrogens (tertiary/aromatic N) is 1. The number of aryl methyl sites for hydroxylation is 2. The Bertz CT molecular complexity index is 561. The van der Waals surface area contributed by atoms with Crippen LogP contribution in [0.25, 0.3) is 0 Å². The maximum atomic E-state index is 12.2. The summed E-state index contributed by atoms with van der Waals surface area (Å²) in [6.45, 7) is 6.09. The van der Waals surface area contributed by atoms with Crippen molar-refractivity contribution >= 4 is 28.1 Å². The smallest absolute Gasteiger partial charge is 0.248 e. The molecule has 1 aromatic carbocycles. The molecule has 0 aliphatic carbocycles. The normalized spacial score (nSPS) is 11.9. The average Bonchev–Trinajstić information content (AvgIpc) is 2.87. The first-order valence-electron chi connectivity index (χ1n) is 6.63.